The van der Waals surface area contributed by atoms with Crippen LogP contribution in [0.3, 0.4) is 0 Å². The lowest BCUT2D eigenvalue weighted by Crippen LogP contribution is -2.55. The molecule has 0 aromatic heterocycles. The number of amides is 3. The Hall–Kier alpha value is -2.67. The van der Waals surface area contributed by atoms with Gasteiger partial charge < -0.3 is 19.9 Å². The maximum atomic E-state index is 12.9. The fourth-order valence-corrected chi connectivity index (χ4v) is 5.72. The Kier molecular flexibility index (Phi) is 6.70. The van der Waals surface area contributed by atoms with Crippen LogP contribution in [0.15, 0.2) is 54.6 Å². The van der Waals surface area contributed by atoms with Crippen molar-refractivity contribution >= 4 is 29.4 Å². The minimum atomic E-state index is -0.226. The largest absolute Gasteiger partial charge is 0.484 e. The Morgan fingerprint density at radius 3 is 2.58 bits per heavy atom. The summed E-state index contributed by atoms with van der Waals surface area (Å²) in [6, 6.07) is 17.3. The van der Waals surface area contributed by atoms with Crippen LogP contribution < -0.4 is 10.1 Å². The molecule has 3 amide bonds. The van der Waals surface area contributed by atoms with Gasteiger partial charge in [-0.15, -0.1) is 11.8 Å². The van der Waals surface area contributed by atoms with Gasteiger partial charge in [0.15, 0.2) is 6.61 Å². The summed E-state index contributed by atoms with van der Waals surface area (Å²) >= 11 is 1.84. The number of hydrogen-bond donors (Lipinski definition) is 1. The number of hydrogen-bond acceptors (Lipinski definition) is 4. The van der Waals surface area contributed by atoms with Gasteiger partial charge in [0, 0.05) is 31.1 Å². The van der Waals surface area contributed by atoms with Crippen molar-refractivity contribution in [2.45, 2.75) is 31.1 Å². The number of carbonyl (C=O) groups excluding carboxylic acids is 2. The zero-order valence-corrected chi connectivity index (χ0v) is 18.7. The van der Waals surface area contributed by atoms with Crippen LogP contribution in [-0.2, 0) is 11.2 Å². The fraction of sp³-hybridized carbons (Fsp3) is 0.417. The number of thioether (sulfide) groups is 1. The molecule has 0 bridgehead atoms. The molecule has 2 heterocycles. The van der Waals surface area contributed by atoms with Crippen molar-refractivity contribution in [3.63, 3.8) is 0 Å². The number of likely N-dealkylation sites (tertiary alicyclic amines) is 1. The summed E-state index contributed by atoms with van der Waals surface area (Å²) in [6.45, 7) is 4.15. The summed E-state index contributed by atoms with van der Waals surface area (Å²) in [5.41, 5.74) is 2.03. The van der Waals surface area contributed by atoms with E-state index in [9.17, 15) is 9.59 Å². The number of ether oxygens (including phenoxy) is 1. The second-order valence-corrected chi connectivity index (χ2v) is 9.37. The second kappa shape index (κ2) is 9.64. The van der Waals surface area contributed by atoms with Crippen molar-refractivity contribution in [2.24, 2.45) is 0 Å². The van der Waals surface area contributed by atoms with Crippen molar-refractivity contribution in [2.75, 3.05) is 37.3 Å². The summed E-state index contributed by atoms with van der Waals surface area (Å²) < 4.78 is 5.68. The molecule has 1 N–H and O–H groups in total. The highest BCUT2D eigenvalue weighted by Crippen LogP contribution is 2.44. The average molecular weight is 440 g/mol. The summed E-state index contributed by atoms with van der Waals surface area (Å²) in [6.07, 6.45) is 2.49. The summed E-state index contributed by atoms with van der Waals surface area (Å²) in [4.78, 5) is 29.3. The Morgan fingerprint density at radius 1 is 1.06 bits per heavy atom. The number of benzene rings is 2. The molecular formula is C24H29N3O3S. The van der Waals surface area contributed by atoms with Crippen LogP contribution in [-0.4, -0.2) is 58.6 Å². The Balaban J connectivity index is 1.32. The zero-order valence-electron chi connectivity index (χ0n) is 17.9. The monoisotopic (exact) mass is 439 g/mol. The highest BCUT2D eigenvalue weighted by molar-refractivity contribution is 8.00. The molecule has 2 aliphatic rings. The number of rotatable bonds is 5. The second-order valence-electron chi connectivity index (χ2n) is 7.91. The lowest BCUT2D eigenvalue weighted by molar-refractivity contribution is -0.136. The molecule has 1 spiro atoms. The van der Waals surface area contributed by atoms with Crippen LogP contribution in [0.1, 0.15) is 25.3 Å². The first-order chi connectivity index (χ1) is 15.1. The topological polar surface area (TPSA) is 61.9 Å². The van der Waals surface area contributed by atoms with Gasteiger partial charge in [0.2, 0.25) is 0 Å². The third-order valence-corrected chi connectivity index (χ3v) is 7.56. The SMILES string of the molecule is CCc1cccc(NC(=O)N2CCC3(CC2)SCCN3C(=O)COc2ccccc2)c1. The lowest BCUT2D eigenvalue weighted by Gasteiger charge is -2.43. The maximum Gasteiger partial charge on any atom is 0.321 e. The Bertz CT molecular complexity index is 913. The third-order valence-electron chi connectivity index (χ3n) is 6.00. The van der Waals surface area contributed by atoms with Crippen LogP contribution >= 0.6 is 11.8 Å². The first-order valence-electron chi connectivity index (χ1n) is 10.9. The smallest absolute Gasteiger partial charge is 0.321 e. The van der Waals surface area contributed by atoms with Gasteiger partial charge in [0.1, 0.15) is 5.75 Å². The number of aryl methyl sites for hydroxylation is 1. The van der Waals surface area contributed by atoms with Crippen LogP contribution in [0.4, 0.5) is 10.5 Å². The van der Waals surface area contributed by atoms with Gasteiger partial charge in [0.05, 0.1) is 4.87 Å². The minimum Gasteiger partial charge on any atom is -0.484 e. The molecule has 2 aromatic carbocycles. The van der Waals surface area contributed by atoms with Gasteiger partial charge in [-0.2, -0.15) is 0 Å². The van der Waals surface area contributed by atoms with Gasteiger partial charge in [-0.25, -0.2) is 4.79 Å². The first-order valence-corrected chi connectivity index (χ1v) is 11.9. The van der Waals surface area contributed by atoms with E-state index in [2.05, 4.69) is 18.3 Å². The molecule has 2 aromatic rings. The van der Waals surface area contributed by atoms with E-state index in [1.54, 1.807) is 0 Å². The average Bonchev–Trinajstić information content (AvgIpc) is 3.21. The van der Waals surface area contributed by atoms with E-state index in [-0.39, 0.29) is 23.4 Å². The van der Waals surface area contributed by atoms with Crippen molar-refractivity contribution in [3.8, 4) is 5.75 Å². The van der Waals surface area contributed by atoms with Crippen LogP contribution in [0, 0.1) is 0 Å². The van der Waals surface area contributed by atoms with Crippen molar-refractivity contribution in [1.29, 1.82) is 0 Å². The number of urea groups is 1. The molecule has 2 fully saturated rings. The summed E-state index contributed by atoms with van der Waals surface area (Å²) in [5, 5.41) is 3.02. The zero-order chi connectivity index (χ0) is 21.7. The molecule has 7 heteroatoms. The van der Waals surface area contributed by atoms with Gasteiger partial charge in [-0.05, 0) is 49.1 Å². The molecule has 2 saturated heterocycles. The van der Waals surface area contributed by atoms with E-state index in [0.29, 0.717) is 18.8 Å². The summed E-state index contributed by atoms with van der Waals surface area (Å²) in [7, 11) is 0. The molecule has 4 rings (SSSR count). The van der Waals surface area contributed by atoms with E-state index >= 15 is 0 Å². The lowest BCUT2D eigenvalue weighted by atomic mass is 10.0. The molecule has 0 radical (unpaired) electrons. The molecule has 0 unspecified atom stereocenters. The molecule has 31 heavy (non-hydrogen) atoms. The predicted octanol–water partition coefficient (Wildman–Crippen LogP) is 4.23. The quantitative estimate of drug-likeness (QED) is 0.758. The van der Waals surface area contributed by atoms with Crippen LogP contribution in [0.2, 0.25) is 0 Å². The number of piperidine rings is 1. The van der Waals surface area contributed by atoms with E-state index in [1.807, 2.05) is 70.1 Å². The molecule has 6 nitrogen and oxygen atoms in total. The summed E-state index contributed by atoms with van der Waals surface area (Å²) in [5.74, 6) is 1.64. The maximum absolute atomic E-state index is 12.9. The minimum absolute atomic E-state index is 0.0168. The first kappa shape index (κ1) is 21.6. The Morgan fingerprint density at radius 2 is 1.84 bits per heavy atom. The highest BCUT2D eigenvalue weighted by Gasteiger charge is 2.46. The molecule has 0 aliphatic carbocycles. The van der Waals surface area contributed by atoms with Crippen molar-refractivity contribution in [3.05, 3.63) is 60.2 Å². The van der Waals surface area contributed by atoms with Crippen molar-refractivity contribution < 1.29 is 14.3 Å². The molecule has 0 saturated carbocycles. The van der Waals surface area contributed by atoms with Gasteiger partial charge >= 0.3 is 6.03 Å². The van der Waals surface area contributed by atoms with Crippen LogP contribution in [0.25, 0.3) is 0 Å². The third kappa shape index (κ3) is 4.98. The number of anilines is 1. The number of nitrogens with one attached hydrogen (secondary N) is 1. The normalized spacial score (nSPS) is 17.6. The predicted molar refractivity (Wildman–Crippen MR) is 124 cm³/mol. The molecular weight excluding hydrogens is 410 g/mol. The molecule has 164 valence electrons. The van der Waals surface area contributed by atoms with E-state index in [4.69, 9.17) is 4.74 Å². The van der Waals surface area contributed by atoms with E-state index in [0.717, 1.165) is 37.2 Å². The standard InChI is InChI=1S/C24H29N3O3S/c1-2-19-7-6-8-20(17-19)25-23(29)26-13-11-24(12-14-26)27(15-16-31-24)22(28)18-30-21-9-4-3-5-10-21/h3-10,17H,2,11-16,18H2,1H3,(H,25,29). The fourth-order valence-electron chi connectivity index (χ4n) is 4.25. The number of nitrogens with zero attached hydrogens (tertiary/aromatic N) is 2. The van der Waals surface area contributed by atoms with Crippen LogP contribution in [0.5, 0.6) is 5.75 Å². The molecule has 2 aliphatic heterocycles. The van der Waals surface area contributed by atoms with E-state index < -0.39 is 0 Å². The Labute approximate surface area is 187 Å². The highest BCUT2D eigenvalue weighted by atomic mass is 32.2. The van der Waals surface area contributed by atoms with E-state index in [1.165, 1.54) is 5.56 Å². The van der Waals surface area contributed by atoms with Gasteiger partial charge in [-0.1, -0.05) is 37.3 Å². The van der Waals surface area contributed by atoms with Crippen molar-refractivity contribution in [1.82, 2.24) is 9.80 Å². The number of carbonyl (C=O) groups is 2. The van der Waals surface area contributed by atoms with Gasteiger partial charge in [0.25, 0.3) is 5.91 Å². The van der Waals surface area contributed by atoms with Gasteiger partial charge in [-0.3, -0.25) is 4.79 Å². The molecule has 0 atom stereocenters. The number of para-hydroxylation sites is 1.